The van der Waals surface area contributed by atoms with Crippen LogP contribution in [-0.2, 0) is 0 Å². The summed E-state index contributed by atoms with van der Waals surface area (Å²) in [5.41, 5.74) is 0.431. The first-order chi connectivity index (χ1) is 3.35. The van der Waals surface area contributed by atoms with E-state index < -0.39 is 9.76 Å². The topological polar surface area (TPSA) is 32.3 Å². The molecule has 0 rings (SSSR count). The normalized spacial score (nSPS) is 12.3. The monoisotopic (exact) mass is 167 g/mol. The van der Waals surface area contributed by atoms with Gasteiger partial charge in [0.05, 0.1) is 0 Å². The van der Waals surface area contributed by atoms with E-state index in [1.54, 1.807) is 0 Å². The van der Waals surface area contributed by atoms with Crippen LogP contribution in [0.15, 0.2) is 0 Å². The van der Waals surface area contributed by atoms with Gasteiger partial charge in [-0.05, 0) is 13.5 Å². The number of nitrogens with one attached hydrogen (secondary N) is 1. The van der Waals surface area contributed by atoms with Crippen LogP contribution in [-0.4, -0.2) is 86.4 Å². The van der Waals surface area contributed by atoms with Crippen LogP contribution in [0.25, 0.3) is 0 Å². The van der Waals surface area contributed by atoms with Crippen LogP contribution in [0.2, 0.25) is 0 Å². The van der Waals surface area contributed by atoms with Crippen molar-refractivity contribution in [2.45, 2.75) is 19.0 Å². The summed E-state index contributed by atoms with van der Waals surface area (Å²) in [5.74, 6) is 0. The molecule has 1 atom stereocenters. The van der Waals surface area contributed by atoms with Gasteiger partial charge >= 0.3 is 59.1 Å². The van der Waals surface area contributed by atoms with Gasteiger partial charge in [-0.2, -0.15) is 0 Å². The first-order valence-electron chi connectivity index (χ1n) is 2.63. The molecule has 0 aromatic rings. The van der Waals surface area contributed by atoms with Gasteiger partial charge in [-0.1, -0.05) is 6.92 Å². The average molecular weight is 167 g/mol. The first-order valence-corrected chi connectivity index (χ1v) is 4.08. The Hall–Kier alpha value is 2.14. The van der Waals surface area contributed by atoms with Gasteiger partial charge in [0.25, 0.3) is 0 Å². The predicted molar refractivity (Wildman–Crippen MR) is 48.2 cm³/mol. The van der Waals surface area contributed by atoms with Crippen molar-refractivity contribution in [3.63, 3.8) is 0 Å². The Bertz CT molecular complexity index is 40.0. The molecule has 0 heterocycles. The van der Waals surface area contributed by atoms with Crippen LogP contribution in [0, 0.1) is 0 Å². The third kappa shape index (κ3) is 10.1. The van der Waals surface area contributed by atoms with Crippen molar-refractivity contribution in [2.75, 3.05) is 7.05 Å². The molecule has 0 saturated carbocycles. The zero-order valence-corrected chi connectivity index (χ0v) is 6.35. The van der Waals surface area contributed by atoms with Gasteiger partial charge in [0.2, 0.25) is 0 Å². The molecule has 48 valence electrons. The van der Waals surface area contributed by atoms with Crippen molar-refractivity contribution in [3.8, 4) is 0 Å². The first kappa shape index (κ1) is 17.3. The Morgan fingerprint density at radius 2 is 2.00 bits per heavy atom. The molecule has 2 nitrogen and oxygen atoms in total. The molecule has 9 heavy (non-hydrogen) atoms. The van der Waals surface area contributed by atoms with Gasteiger partial charge < -0.3 is 10.1 Å². The number of hydrogen-bond donors (Lipinski definition) is 2. The minimum absolute atomic E-state index is 0. The Morgan fingerprint density at radius 3 is 2.00 bits per heavy atom. The Kier molecular flexibility index (Phi) is 24.5. The molecule has 1 unspecified atom stereocenters. The zero-order valence-electron chi connectivity index (χ0n) is 4.94. The molecule has 0 radical (unpaired) electrons. The van der Waals surface area contributed by atoms with E-state index in [1.165, 1.54) is 0 Å². The Balaban J connectivity index is -0.000000180. The summed E-state index contributed by atoms with van der Waals surface area (Å²) in [6.45, 7) is 2.07. The fourth-order valence-corrected chi connectivity index (χ4v) is 0.865. The van der Waals surface area contributed by atoms with Crippen molar-refractivity contribution >= 4 is 68.9 Å². The van der Waals surface area contributed by atoms with Crippen molar-refractivity contribution in [3.05, 3.63) is 0 Å². The molecule has 0 aliphatic rings. The molecule has 0 aromatic carbocycles. The number of rotatable bonds is 3. The van der Waals surface area contributed by atoms with Crippen LogP contribution >= 0.6 is 0 Å². The standard InChI is InChI=1S/C4H13NOSi.2Na.2H/c1-3-4(5-2)7-6;;;;/h4-6H,3,7H2,1-2H3;;;;. The maximum atomic E-state index is 8.60. The van der Waals surface area contributed by atoms with Gasteiger partial charge in [-0.25, -0.2) is 0 Å². The van der Waals surface area contributed by atoms with Crippen LogP contribution in [0.3, 0.4) is 0 Å². The molecule has 5 heteroatoms. The second-order valence-electron chi connectivity index (χ2n) is 1.58. The summed E-state index contributed by atoms with van der Waals surface area (Å²) in [6.07, 6.45) is 1.05. The summed E-state index contributed by atoms with van der Waals surface area (Å²) in [5, 5.41) is 3.01. The van der Waals surface area contributed by atoms with Gasteiger partial charge in [-0.3, -0.25) is 0 Å². The molecule has 0 amide bonds. The fourth-order valence-electron chi connectivity index (χ4n) is 0.425. The van der Waals surface area contributed by atoms with Crippen molar-refractivity contribution in [1.29, 1.82) is 0 Å². The van der Waals surface area contributed by atoms with Crippen molar-refractivity contribution < 1.29 is 4.80 Å². The molecule has 0 saturated heterocycles. The molecule has 2 N–H and O–H groups in total. The van der Waals surface area contributed by atoms with Crippen LogP contribution < -0.4 is 5.32 Å². The summed E-state index contributed by atoms with van der Waals surface area (Å²) in [6, 6.07) is 0. The van der Waals surface area contributed by atoms with E-state index in [9.17, 15) is 0 Å². The molecular formula is C4H15NNa2OSi. The van der Waals surface area contributed by atoms with Crippen molar-refractivity contribution in [2.24, 2.45) is 0 Å². The van der Waals surface area contributed by atoms with E-state index in [1.807, 2.05) is 7.05 Å². The summed E-state index contributed by atoms with van der Waals surface area (Å²) < 4.78 is 0. The van der Waals surface area contributed by atoms with Crippen LogP contribution in [0.4, 0.5) is 0 Å². The summed E-state index contributed by atoms with van der Waals surface area (Å²) >= 11 is 0. The third-order valence-corrected chi connectivity index (χ3v) is 2.55. The molecule has 0 bridgehead atoms. The van der Waals surface area contributed by atoms with Gasteiger partial charge in [-0.15, -0.1) is 0 Å². The van der Waals surface area contributed by atoms with Crippen molar-refractivity contribution in [1.82, 2.24) is 5.32 Å². The minimum atomic E-state index is -0.783. The molecule has 0 spiro atoms. The molecule has 0 aliphatic carbocycles. The second-order valence-corrected chi connectivity index (χ2v) is 2.93. The molecule has 0 aromatic heterocycles. The molecule has 0 fully saturated rings. The second kappa shape index (κ2) is 12.8. The van der Waals surface area contributed by atoms with Crippen LogP contribution in [0.5, 0.6) is 0 Å². The summed E-state index contributed by atoms with van der Waals surface area (Å²) in [7, 11) is 1.10. The SMILES string of the molecule is CCC(NC)[SiH2]O.[NaH].[NaH]. The van der Waals surface area contributed by atoms with Gasteiger partial charge in [0.1, 0.15) is 0 Å². The van der Waals surface area contributed by atoms with Gasteiger partial charge in [0.15, 0.2) is 9.76 Å². The van der Waals surface area contributed by atoms with E-state index in [0.29, 0.717) is 5.67 Å². The van der Waals surface area contributed by atoms with Gasteiger partial charge in [0, 0.05) is 5.67 Å². The van der Waals surface area contributed by atoms with E-state index >= 15 is 0 Å². The van der Waals surface area contributed by atoms with E-state index in [2.05, 4.69) is 12.2 Å². The third-order valence-electron chi connectivity index (χ3n) is 1.12. The van der Waals surface area contributed by atoms with E-state index in [-0.39, 0.29) is 59.1 Å². The predicted octanol–water partition coefficient (Wildman–Crippen LogP) is -2.28. The zero-order chi connectivity index (χ0) is 5.70. The Labute approximate surface area is 104 Å². The molecular weight excluding hydrogens is 152 g/mol. The fraction of sp³-hybridized carbons (Fsp3) is 1.00. The summed E-state index contributed by atoms with van der Waals surface area (Å²) in [4.78, 5) is 8.60. The van der Waals surface area contributed by atoms with E-state index in [4.69, 9.17) is 4.80 Å². The average Bonchev–Trinajstić information content (AvgIpc) is 1.72. The quantitative estimate of drug-likeness (QED) is 0.464. The molecule has 0 aliphatic heterocycles. The maximum absolute atomic E-state index is 8.60. The Morgan fingerprint density at radius 1 is 1.56 bits per heavy atom. The van der Waals surface area contributed by atoms with E-state index in [0.717, 1.165) is 6.42 Å². The number of hydrogen-bond acceptors (Lipinski definition) is 2. The van der Waals surface area contributed by atoms with Crippen LogP contribution in [0.1, 0.15) is 13.3 Å².